The highest BCUT2D eigenvalue weighted by molar-refractivity contribution is 5.95. The molecule has 0 aliphatic carbocycles. The number of aliphatic carboxylic acids is 2. The molecule has 0 aromatic carbocycles. The lowest BCUT2D eigenvalue weighted by molar-refractivity contribution is -0.145. The molecule has 414 valence electrons. The predicted octanol–water partition coefficient (Wildman–Crippen LogP) is 4.73. The summed E-state index contributed by atoms with van der Waals surface area (Å²) in [6, 6.07) is -2.06. The average Bonchev–Trinajstić information content (AvgIpc) is 3.85. The van der Waals surface area contributed by atoms with Gasteiger partial charge in [-0.2, -0.15) is 0 Å². The molecule has 0 saturated heterocycles. The highest BCUT2D eigenvalue weighted by Gasteiger charge is 2.34. The van der Waals surface area contributed by atoms with Crippen molar-refractivity contribution in [1.29, 1.82) is 0 Å². The molecule has 1 rings (SSSR count). The summed E-state index contributed by atoms with van der Waals surface area (Å²) in [6.45, 7) is 6.78. The second-order valence-electron chi connectivity index (χ2n) is 18.8. The van der Waals surface area contributed by atoms with Gasteiger partial charge in [0.2, 0.25) is 23.6 Å². The molecule has 1 heterocycles. The summed E-state index contributed by atoms with van der Waals surface area (Å²) < 4.78 is 21.6. The number of ether oxygens (including phenoxy) is 4. The number of nitrogens with two attached hydrogens (primary N) is 1. The first-order valence-corrected chi connectivity index (χ1v) is 26.2. The lowest BCUT2D eigenvalue weighted by Gasteiger charge is -2.27. The average molecular weight is 1030 g/mol. The van der Waals surface area contributed by atoms with E-state index >= 15 is 0 Å². The van der Waals surface area contributed by atoms with Crippen molar-refractivity contribution in [2.75, 3.05) is 65.9 Å². The Bertz CT molecular complexity index is 1690. The molecule has 0 saturated carbocycles. The van der Waals surface area contributed by atoms with Gasteiger partial charge in [-0.05, 0) is 46.0 Å². The Labute approximate surface area is 428 Å². The third kappa shape index (κ3) is 35.3. The fraction of sp³-hybridized carbons (Fsp3) is 0.784. The Morgan fingerprint density at radius 3 is 1.86 bits per heavy atom. The summed E-state index contributed by atoms with van der Waals surface area (Å²) in [5.41, 5.74) is 5.30. The Balaban J connectivity index is 0.0000518. The number of rotatable bonds is 49. The summed E-state index contributed by atoms with van der Waals surface area (Å²) in [5.74, 6) is -5.35. The van der Waals surface area contributed by atoms with Crippen LogP contribution >= 0.6 is 0 Å². The standard InChI is InChI=1S/C51H89N7O14.H2/c1-4-5-6-7-8-9-10-11-12-13-14-15-16-22-46(62)57-43(50(67)68)23-24-45(61)55-26-28-70-30-31-71-36-41(59)21-19-27-69-29-32-72-37-47(63)54-25-18-17-20-39(49(65)66)33-44(60)51(2,3)58-48(64)42(52)34-40-35-53-38-56-40;/h35,38-39,42-43H,4-34,36-37,52H2,1-3H3,(H,53,56)(H,54,63)(H,55,61)(H,57,62)(H,58,64)(H,65,66)(H,67,68);1H/t39-,42+,43+;/m1./s1. The number of H-pyrrole nitrogens is 1. The zero-order valence-electron chi connectivity index (χ0n) is 43.5. The molecule has 0 aliphatic heterocycles. The zero-order valence-corrected chi connectivity index (χ0v) is 43.5. The lowest BCUT2D eigenvalue weighted by Crippen LogP contribution is -2.55. The van der Waals surface area contributed by atoms with Crippen LogP contribution in [-0.2, 0) is 63.7 Å². The van der Waals surface area contributed by atoms with Gasteiger partial charge in [-0.1, -0.05) is 90.4 Å². The lowest BCUT2D eigenvalue weighted by atomic mass is 9.88. The molecule has 0 radical (unpaired) electrons. The van der Waals surface area contributed by atoms with E-state index in [9.17, 15) is 48.6 Å². The summed E-state index contributed by atoms with van der Waals surface area (Å²) in [5, 5.41) is 29.8. The van der Waals surface area contributed by atoms with E-state index in [1.54, 1.807) is 6.20 Å². The van der Waals surface area contributed by atoms with Crippen molar-refractivity contribution in [2.45, 2.75) is 186 Å². The van der Waals surface area contributed by atoms with Crippen LogP contribution in [0.3, 0.4) is 0 Å². The van der Waals surface area contributed by atoms with E-state index < -0.39 is 47.2 Å². The van der Waals surface area contributed by atoms with Crippen molar-refractivity contribution in [3.05, 3.63) is 18.2 Å². The number of hydrogen-bond donors (Lipinski definition) is 8. The first-order chi connectivity index (χ1) is 34.5. The molecule has 21 heteroatoms. The normalized spacial score (nSPS) is 12.7. The maximum Gasteiger partial charge on any atom is 0.326 e. The maximum atomic E-state index is 13.0. The minimum absolute atomic E-state index is 0. The number of unbranched alkanes of at least 4 members (excludes halogenated alkanes) is 13. The molecule has 0 unspecified atom stereocenters. The van der Waals surface area contributed by atoms with Gasteiger partial charge in [0.25, 0.3) is 0 Å². The number of imidazole rings is 1. The number of amides is 4. The zero-order chi connectivity index (χ0) is 53.2. The highest BCUT2D eigenvalue weighted by atomic mass is 16.5. The van der Waals surface area contributed by atoms with Crippen molar-refractivity contribution in [1.82, 2.24) is 31.2 Å². The van der Waals surface area contributed by atoms with Crippen molar-refractivity contribution < 1.29 is 68.9 Å². The van der Waals surface area contributed by atoms with Crippen LogP contribution in [0.5, 0.6) is 0 Å². The Kier molecular flexibility index (Phi) is 37.7. The first-order valence-electron chi connectivity index (χ1n) is 26.2. The van der Waals surface area contributed by atoms with E-state index in [0.29, 0.717) is 44.5 Å². The number of carboxylic acid groups (broad SMARTS) is 2. The summed E-state index contributed by atoms with van der Waals surface area (Å²) >= 11 is 0. The largest absolute Gasteiger partial charge is 0.481 e. The third-order valence-electron chi connectivity index (χ3n) is 11.9. The number of nitrogens with zero attached hydrogens (tertiary/aromatic N) is 1. The monoisotopic (exact) mass is 1030 g/mol. The van der Waals surface area contributed by atoms with Gasteiger partial charge in [-0.3, -0.25) is 33.6 Å². The van der Waals surface area contributed by atoms with Crippen LogP contribution in [0.15, 0.2) is 12.5 Å². The van der Waals surface area contributed by atoms with Gasteiger partial charge >= 0.3 is 11.9 Å². The fourth-order valence-corrected chi connectivity index (χ4v) is 7.47. The van der Waals surface area contributed by atoms with Crippen LogP contribution in [-0.4, -0.2) is 151 Å². The Morgan fingerprint density at radius 2 is 1.25 bits per heavy atom. The first kappa shape index (κ1) is 65.2. The topological polar surface area (TPSA) is 317 Å². The van der Waals surface area contributed by atoms with Crippen LogP contribution in [0, 0.1) is 5.92 Å². The smallest absolute Gasteiger partial charge is 0.326 e. The fourth-order valence-electron chi connectivity index (χ4n) is 7.47. The molecular weight excluding hydrogens is 935 g/mol. The summed E-state index contributed by atoms with van der Waals surface area (Å²) in [7, 11) is 0. The second-order valence-corrected chi connectivity index (χ2v) is 18.8. The molecule has 0 fully saturated rings. The third-order valence-corrected chi connectivity index (χ3v) is 11.9. The Morgan fingerprint density at radius 1 is 0.653 bits per heavy atom. The molecule has 0 bridgehead atoms. The maximum absolute atomic E-state index is 13.0. The van der Waals surface area contributed by atoms with Crippen molar-refractivity contribution in [2.24, 2.45) is 11.7 Å². The molecule has 0 spiro atoms. The van der Waals surface area contributed by atoms with E-state index in [-0.39, 0.29) is 123 Å². The molecule has 4 amide bonds. The van der Waals surface area contributed by atoms with E-state index in [2.05, 4.69) is 38.2 Å². The molecule has 3 atom stereocenters. The number of hydrogen-bond acceptors (Lipinski definition) is 14. The van der Waals surface area contributed by atoms with Crippen LogP contribution in [0.25, 0.3) is 0 Å². The number of carboxylic acids is 2. The van der Waals surface area contributed by atoms with Gasteiger partial charge in [0.15, 0.2) is 11.6 Å². The van der Waals surface area contributed by atoms with E-state index in [4.69, 9.17) is 24.7 Å². The van der Waals surface area contributed by atoms with Crippen molar-refractivity contribution >= 4 is 47.1 Å². The van der Waals surface area contributed by atoms with Gasteiger partial charge in [0.05, 0.1) is 56.9 Å². The van der Waals surface area contributed by atoms with Crippen LogP contribution in [0.4, 0.5) is 0 Å². The number of carbonyl (C=O) groups is 8. The minimum atomic E-state index is -1.33. The predicted molar refractivity (Wildman–Crippen MR) is 272 cm³/mol. The summed E-state index contributed by atoms with van der Waals surface area (Å²) in [4.78, 5) is 105. The number of nitrogens with one attached hydrogen (secondary N) is 5. The summed E-state index contributed by atoms with van der Waals surface area (Å²) in [6.07, 6.45) is 20.5. The number of aromatic nitrogens is 2. The molecule has 72 heavy (non-hydrogen) atoms. The molecule has 1 aromatic rings. The van der Waals surface area contributed by atoms with Crippen molar-refractivity contribution in [3.8, 4) is 0 Å². The molecule has 21 nitrogen and oxygen atoms in total. The minimum Gasteiger partial charge on any atom is -0.481 e. The van der Waals surface area contributed by atoms with E-state index in [0.717, 1.165) is 19.3 Å². The van der Waals surface area contributed by atoms with Gasteiger partial charge in [0.1, 0.15) is 19.3 Å². The molecule has 0 aliphatic rings. The highest BCUT2D eigenvalue weighted by Crippen LogP contribution is 2.19. The van der Waals surface area contributed by atoms with E-state index in [1.807, 2.05) is 0 Å². The molecular formula is C51H91N7O14. The van der Waals surface area contributed by atoms with Crippen molar-refractivity contribution in [3.63, 3.8) is 0 Å². The van der Waals surface area contributed by atoms with Gasteiger partial charge in [0, 0.05) is 65.1 Å². The number of Topliss-reactive ketones (excluding diaryl/α,β-unsaturated/α-hetero) is 2. The quantitative estimate of drug-likeness (QED) is 0.0409. The van der Waals surface area contributed by atoms with Crippen LogP contribution in [0.1, 0.15) is 169 Å². The number of aromatic amines is 1. The van der Waals surface area contributed by atoms with Crippen LogP contribution in [0.2, 0.25) is 0 Å². The van der Waals surface area contributed by atoms with Crippen LogP contribution < -0.4 is 27.0 Å². The van der Waals surface area contributed by atoms with Gasteiger partial charge in [-0.15, -0.1) is 0 Å². The van der Waals surface area contributed by atoms with Gasteiger partial charge < -0.3 is 61.1 Å². The van der Waals surface area contributed by atoms with Gasteiger partial charge in [-0.25, -0.2) is 9.78 Å². The van der Waals surface area contributed by atoms with E-state index in [1.165, 1.54) is 78.0 Å². The Hall–Kier alpha value is -4.83. The molecule has 1 aromatic heterocycles. The number of carbonyl (C=O) groups excluding carboxylic acids is 6. The number of ketones is 2. The molecule has 9 N–H and O–H groups in total. The second kappa shape index (κ2) is 41.6. The SMILES string of the molecule is CCCCCCCCCCCCCCCC(=O)N[C@@H](CCC(=O)NCCOCCOCC(=O)CCCOCCOCC(=O)NCCCC[C@H](CC(=O)C(C)(C)NC(=O)[C@@H](N)Cc1cnc[nH]1)C(=O)O)C(=O)O.[HH].